The van der Waals surface area contributed by atoms with Crippen LogP contribution in [0.3, 0.4) is 0 Å². The normalized spacial score (nSPS) is 12.4. The largest absolute Gasteiger partial charge is 0.497 e. The highest BCUT2D eigenvalue weighted by atomic mass is 16.5. The third-order valence-corrected chi connectivity index (χ3v) is 2.80. The van der Waals surface area contributed by atoms with E-state index in [-0.39, 0.29) is 5.92 Å². The molecule has 0 saturated heterocycles. The van der Waals surface area contributed by atoms with E-state index in [1.807, 2.05) is 37.4 Å². The number of H-pyrrole nitrogens is 1. The van der Waals surface area contributed by atoms with Crippen LogP contribution in [0.2, 0.25) is 0 Å². The van der Waals surface area contributed by atoms with Crippen molar-refractivity contribution in [1.29, 1.82) is 0 Å². The summed E-state index contributed by atoms with van der Waals surface area (Å²) in [5, 5.41) is 0. The molecule has 0 spiro atoms. The molecule has 0 aliphatic rings. The molecule has 1 aromatic heterocycles. The van der Waals surface area contributed by atoms with Gasteiger partial charge in [0.2, 0.25) is 0 Å². The Balaban J connectivity index is 2.30. The zero-order valence-corrected chi connectivity index (χ0v) is 10.1. The maximum Gasteiger partial charge on any atom is 0.119 e. The number of hydrogen-bond donors (Lipinski definition) is 2. The van der Waals surface area contributed by atoms with Crippen molar-refractivity contribution in [2.45, 2.75) is 12.8 Å². The average Bonchev–Trinajstić information content (AvgIpc) is 2.87. The molecule has 4 nitrogen and oxygen atoms in total. The van der Waals surface area contributed by atoms with Crippen molar-refractivity contribution in [2.75, 3.05) is 13.7 Å². The van der Waals surface area contributed by atoms with Crippen LogP contribution in [0.1, 0.15) is 18.7 Å². The Morgan fingerprint density at radius 2 is 2.29 bits per heavy atom. The summed E-state index contributed by atoms with van der Waals surface area (Å²) in [6, 6.07) is 7.88. The van der Waals surface area contributed by atoms with E-state index in [1.54, 1.807) is 7.11 Å². The standard InChI is InChI=1S/C13H17N3O/c1-9(7-14)13-15-8-12(16-13)10-4-3-5-11(6-10)17-2/h3-6,8-9H,7,14H2,1-2H3,(H,15,16). The summed E-state index contributed by atoms with van der Waals surface area (Å²) in [6.07, 6.45) is 1.83. The Morgan fingerprint density at radius 3 is 3.00 bits per heavy atom. The van der Waals surface area contributed by atoms with Crippen LogP contribution in [0.4, 0.5) is 0 Å². The molecular formula is C13H17N3O. The number of nitrogens with one attached hydrogen (secondary N) is 1. The van der Waals surface area contributed by atoms with E-state index < -0.39 is 0 Å². The molecule has 4 heteroatoms. The molecule has 3 N–H and O–H groups in total. The molecule has 1 atom stereocenters. The molecule has 90 valence electrons. The fourth-order valence-electron chi connectivity index (χ4n) is 1.64. The fourth-order valence-corrected chi connectivity index (χ4v) is 1.64. The summed E-state index contributed by atoms with van der Waals surface area (Å²) in [5.74, 6) is 2.00. The SMILES string of the molecule is COc1cccc(-c2cnc(C(C)CN)[nH]2)c1. The molecular weight excluding hydrogens is 214 g/mol. The molecule has 17 heavy (non-hydrogen) atoms. The number of nitrogens with two attached hydrogens (primary N) is 1. The molecule has 2 rings (SSSR count). The maximum atomic E-state index is 5.62. The lowest BCUT2D eigenvalue weighted by Crippen LogP contribution is -2.10. The topological polar surface area (TPSA) is 63.9 Å². The van der Waals surface area contributed by atoms with Crippen LogP contribution in [0, 0.1) is 0 Å². The van der Waals surface area contributed by atoms with E-state index in [0.29, 0.717) is 6.54 Å². The van der Waals surface area contributed by atoms with E-state index >= 15 is 0 Å². The third kappa shape index (κ3) is 2.47. The second-order valence-electron chi connectivity index (χ2n) is 4.05. The summed E-state index contributed by atoms with van der Waals surface area (Å²) in [7, 11) is 1.66. The molecule has 0 aliphatic heterocycles. The molecule has 0 fully saturated rings. The zero-order chi connectivity index (χ0) is 12.3. The Hall–Kier alpha value is -1.81. The molecule has 1 heterocycles. The highest BCUT2D eigenvalue weighted by Gasteiger charge is 2.09. The van der Waals surface area contributed by atoms with Gasteiger partial charge in [0, 0.05) is 18.0 Å². The Morgan fingerprint density at radius 1 is 1.47 bits per heavy atom. The number of aromatic nitrogens is 2. The van der Waals surface area contributed by atoms with Crippen LogP contribution in [-0.2, 0) is 0 Å². The van der Waals surface area contributed by atoms with E-state index in [4.69, 9.17) is 10.5 Å². The lowest BCUT2D eigenvalue weighted by atomic mass is 10.1. The second kappa shape index (κ2) is 5.01. The van der Waals surface area contributed by atoms with Gasteiger partial charge in [0.15, 0.2) is 0 Å². The highest BCUT2D eigenvalue weighted by molar-refractivity contribution is 5.60. The molecule has 2 aromatic rings. The molecule has 0 bridgehead atoms. The van der Waals surface area contributed by atoms with Crippen LogP contribution in [0.25, 0.3) is 11.3 Å². The van der Waals surface area contributed by atoms with Crippen molar-refractivity contribution in [3.05, 3.63) is 36.3 Å². The van der Waals surface area contributed by atoms with Crippen molar-refractivity contribution in [3.8, 4) is 17.0 Å². The van der Waals surface area contributed by atoms with Gasteiger partial charge in [-0.1, -0.05) is 19.1 Å². The monoisotopic (exact) mass is 231 g/mol. The summed E-state index contributed by atoms with van der Waals surface area (Å²) >= 11 is 0. The van der Waals surface area contributed by atoms with Gasteiger partial charge in [0.05, 0.1) is 19.0 Å². The molecule has 1 unspecified atom stereocenters. The number of benzene rings is 1. The van der Waals surface area contributed by atoms with Crippen LogP contribution >= 0.6 is 0 Å². The minimum Gasteiger partial charge on any atom is -0.497 e. The van der Waals surface area contributed by atoms with Crippen molar-refractivity contribution in [2.24, 2.45) is 5.73 Å². The molecule has 0 saturated carbocycles. The maximum absolute atomic E-state index is 5.62. The van der Waals surface area contributed by atoms with Crippen molar-refractivity contribution in [1.82, 2.24) is 9.97 Å². The summed E-state index contributed by atoms with van der Waals surface area (Å²) in [6.45, 7) is 2.64. The lowest BCUT2D eigenvalue weighted by molar-refractivity contribution is 0.415. The van der Waals surface area contributed by atoms with E-state index in [0.717, 1.165) is 22.8 Å². The van der Waals surface area contributed by atoms with Gasteiger partial charge in [-0.2, -0.15) is 0 Å². The number of methoxy groups -OCH3 is 1. The number of hydrogen-bond acceptors (Lipinski definition) is 3. The number of rotatable bonds is 4. The first-order valence-electron chi connectivity index (χ1n) is 5.64. The van der Waals surface area contributed by atoms with E-state index in [9.17, 15) is 0 Å². The van der Waals surface area contributed by atoms with Gasteiger partial charge in [0.1, 0.15) is 11.6 Å². The minimum atomic E-state index is 0.245. The first kappa shape index (κ1) is 11.7. The van der Waals surface area contributed by atoms with E-state index in [1.165, 1.54) is 0 Å². The molecule has 1 aromatic carbocycles. The summed E-state index contributed by atoms with van der Waals surface area (Å²) in [5.41, 5.74) is 7.67. The van der Waals surface area contributed by atoms with Gasteiger partial charge in [-0.05, 0) is 12.1 Å². The van der Waals surface area contributed by atoms with Gasteiger partial charge in [0.25, 0.3) is 0 Å². The predicted molar refractivity (Wildman–Crippen MR) is 68.0 cm³/mol. The summed E-state index contributed by atoms with van der Waals surface area (Å²) in [4.78, 5) is 7.63. The zero-order valence-electron chi connectivity index (χ0n) is 10.1. The molecule has 0 radical (unpaired) electrons. The smallest absolute Gasteiger partial charge is 0.119 e. The van der Waals surface area contributed by atoms with Gasteiger partial charge < -0.3 is 15.5 Å². The van der Waals surface area contributed by atoms with Crippen LogP contribution in [0.15, 0.2) is 30.5 Å². The number of nitrogens with zero attached hydrogens (tertiary/aromatic N) is 1. The Labute approximate surface area is 101 Å². The quantitative estimate of drug-likeness (QED) is 0.847. The van der Waals surface area contributed by atoms with Crippen LogP contribution < -0.4 is 10.5 Å². The number of aromatic amines is 1. The van der Waals surface area contributed by atoms with Crippen LogP contribution in [-0.4, -0.2) is 23.6 Å². The average molecular weight is 231 g/mol. The van der Waals surface area contributed by atoms with Gasteiger partial charge in [-0.15, -0.1) is 0 Å². The fraction of sp³-hybridized carbons (Fsp3) is 0.308. The van der Waals surface area contributed by atoms with Gasteiger partial charge in [-0.3, -0.25) is 0 Å². The highest BCUT2D eigenvalue weighted by Crippen LogP contribution is 2.23. The van der Waals surface area contributed by atoms with Crippen molar-refractivity contribution >= 4 is 0 Å². The Bertz CT molecular complexity index is 493. The number of imidazole rings is 1. The molecule has 0 amide bonds. The Kier molecular flexibility index (Phi) is 3.44. The van der Waals surface area contributed by atoms with Crippen molar-refractivity contribution in [3.63, 3.8) is 0 Å². The molecule has 0 aliphatic carbocycles. The minimum absolute atomic E-state index is 0.245. The third-order valence-electron chi connectivity index (χ3n) is 2.80. The van der Waals surface area contributed by atoms with Crippen molar-refractivity contribution < 1.29 is 4.74 Å². The van der Waals surface area contributed by atoms with E-state index in [2.05, 4.69) is 9.97 Å². The number of ether oxygens (including phenoxy) is 1. The first-order valence-corrected chi connectivity index (χ1v) is 5.64. The predicted octanol–water partition coefficient (Wildman–Crippen LogP) is 2.15. The lowest BCUT2D eigenvalue weighted by Gasteiger charge is -2.04. The summed E-state index contributed by atoms with van der Waals surface area (Å²) < 4.78 is 5.20. The van der Waals surface area contributed by atoms with Crippen LogP contribution in [0.5, 0.6) is 5.75 Å². The first-order chi connectivity index (χ1) is 8.24. The van der Waals surface area contributed by atoms with Gasteiger partial charge >= 0.3 is 0 Å². The van der Waals surface area contributed by atoms with Gasteiger partial charge in [-0.25, -0.2) is 4.98 Å². The second-order valence-corrected chi connectivity index (χ2v) is 4.05.